The molecule has 0 aliphatic rings. The van der Waals surface area contributed by atoms with E-state index in [0.717, 1.165) is 22.0 Å². The van der Waals surface area contributed by atoms with Crippen molar-refractivity contribution < 1.29 is 0 Å². The van der Waals surface area contributed by atoms with Gasteiger partial charge >= 0.3 is 0 Å². The van der Waals surface area contributed by atoms with Gasteiger partial charge in [-0.05, 0) is 45.4 Å². The van der Waals surface area contributed by atoms with Gasteiger partial charge in [-0.3, -0.25) is 0 Å². The predicted molar refractivity (Wildman–Crippen MR) is 79.5 cm³/mol. The van der Waals surface area contributed by atoms with Gasteiger partial charge in [0.1, 0.15) is 6.07 Å². The van der Waals surface area contributed by atoms with Gasteiger partial charge < -0.3 is 5.32 Å². The van der Waals surface area contributed by atoms with Gasteiger partial charge in [0.15, 0.2) is 0 Å². The van der Waals surface area contributed by atoms with E-state index in [0.29, 0.717) is 5.56 Å². The minimum Gasteiger partial charge on any atom is -0.377 e. The standard InChI is InChI=1S/C15H17N3S/c1-9-5-6-14(13(7-9)8-16)18-11(3)15-10(2)17-12(4)19-15/h5-7,11,18H,1-4H3. The summed E-state index contributed by atoms with van der Waals surface area (Å²) in [6, 6.07) is 8.28. The third-order valence-electron chi connectivity index (χ3n) is 3.00. The summed E-state index contributed by atoms with van der Waals surface area (Å²) in [5.74, 6) is 0. The fourth-order valence-corrected chi connectivity index (χ4v) is 3.05. The summed E-state index contributed by atoms with van der Waals surface area (Å²) in [5, 5.41) is 13.7. The van der Waals surface area contributed by atoms with Crippen molar-refractivity contribution in [3.05, 3.63) is 44.9 Å². The number of nitrogens with one attached hydrogen (secondary N) is 1. The van der Waals surface area contributed by atoms with Crippen LogP contribution >= 0.6 is 11.3 Å². The molecule has 0 aliphatic heterocycles. The highest BCUT2D eigenvalue weighted by Gasteiger charge is 2.14. The molecule has 0 fully saturated rings. The molecule has 0 spiro atoms. The number of aromatic nitrogens is 1. The first-order chi connectivity index (χ1) is 9.01. The molecule has 0 saturated carbocycles. The molecule has 1 aromatic carbocycles. The predicted octanol–water partition coefficient (Wildman–Crippen LogP) is 4.11. The summed E-state index contributed by atoms with van der Waals surface area (Å²) in [7, 11) is 0. The maximum atomic E-state index is 9.19. The first kappa shape index (κ1) is 13.6. The first-order valence-corrected chi connectivity index (χ1v) is 7.04. The van der Waals surface area contributed by atoms with Crippen molar-refractivity contribution in [1.82, 2.24) is 4.98 Å². The van der Waals surface area contributed by atoms with E-state index in [-0.39, 0.29) is 6.04 Å². The Hall–Kier alpha value is -1.86. The molecule has 1 unspecified atom stereocenters. The van der Waals surface area contributed by atoms with Crippen molar-refractivity contribution in [1.29, 1.82) is 5.26 Å². The van der Waals surface area contributed by atoms with Crippen LogP contribution in [0.15, 0.2) is 18.2 Å². The maximum Gasteiger partial charge on any atom is 0.101 e. The molecule has 2 rings (SSSR count). The molecular formula is C15H17N3S. The lowest BCUT2D eigenvalue weighted by atomic mass is 10.1. The van der Waals surface area contributed by atoms with Crippen LogP contribution in [0.1, 0.15) is 39.7 Å². The molecule has 19 heavy (non-hydrogen) atoms. The number of benzene rings is 1. The van der Waals surface area contributed by atoms with E-state index in [1.54, 1.807) is 11.3 Å². The summed E-state index contributed by atoms with van der Waals surface area (Å²) in [6.07, 6.45) is 0. The fraction of sp³-hybridized carbons (Fsp3) is 0.333. The molecule has 4 heteroatoms. The zero-order valence-electron chi connectivity index (χ0n) is 11.6. The third kappa shape index (κ3) is 2.94. The Bertz CT molecular complexity index is 637. The van der Waals surface area contributed by atoms with Crippen LogP contribution in [0.4, 0.5) is 5.69 Å². The zero-order valence-corrected chi connectivity index (χ0v) is 12.4. The average molecular weight is 271 g/mol. The average Bonchev–Trinajstić information content (AvgIpc) is 2.70. The molecule has 1 atom stereocenters. The van der Waals surface area contributed by atoms with Gasteiger partial charge in [-0.15, -0.1) is 11.3 Å². The Morgan fingerprint density at radius 2 is 2.05 bits per heavy atom. The topological polar surface area (TPSA) is 48.7 Å². The number of anilines is 1. The Morgan fingerprint density at radius 3 is 2.63 bits per heavy atom. The Balaban J connectivity index is 2.27. The quantitative estimate of drug-likeness (QED) is 0.913. The van der Waals surface area contributed by atoms with Crippen LogP contribution < -0.4 is 5.32 Å². The fourth-order valence-electron chi connectivity index (χ4n) is 2.12. The molecule has 0 aliphatic carbocycles. The van der Waals surface area contributed by atoms with E-state index >= 15 is 0 Å². The van der Waals surface area contributed by atoms with Crippen LogP contribution in [0.5, 0.6) is 0 Å². The highest BCUT2D eigenvalue weighted by Crippen LogP contribution is 2.28. The highest BCUT2D eigenvalue weighted by molar-refractivity contribution is 7.11. The van der Waals surface area contributed by atoms with E-state index < -0.39 is 0 Å². The van der Waals surface area contributed by atoms with Crippen molar-refractivity contribution in [2.24, 2.45) is 0 Å². The van der Waals surface area contributed by atoms with Crippen molar-refractivity contribution in [2.45, 2.75) is 33.7 Å². The smallest absolute Gasteiger partial charge is 0.101 e. The second-order valence-corrected chi connectivity index (χ2v) is 5.94. The van der Waals surface area contributed by atoms with E-state index in [9.17, 15) is 5.26 Å². The molecule has 0 saturated heterocycles. The molecule has 0 radical (unpaired) electrons. The van der Waals surface area contributed by atoms with Gasteiger partial charge in [0.25, 0.3) is 0 Å². The summed E-state index contributed by atoms with van der Waals surface area (Å²) in [6.45, 7) is 8.13. The first-order valence-electron chi connectivity index (χ1n) is 6.22. The molecule has 0 amide bonds. The number of aryl methyl sites for hydroxylation is 3. The van der Waals surface area contributed by atoms with Crippen LogP contribution in [0.25, 0.3) is 0 Å². The van der Waals surface area contributed by atoms with Gasteiger partial charge in [0, 0.05) is 4.88 Å². The van der Waals surface area contributed by atoms with Crippen molar-refractivity contribution in [3.63, 3.8) is 0 Å². The molecule has 98 valence electrons. The van der Waals surface area contributed by atoms with Gasteiger partial charge in [-0.2, -0.15) is 5.26 Å². The van der Waals surface area contributed by atoms with Gasteiger partial charge in [-0.1, -0.05) is 6.07 Å². The summed E-state index contributed by atoms with van der Waals surface area (Å²) in [4.78, 5) is 5.67. The minimum atomic E-state index is 0.154. The number of nitrogens with zero attached hydrogens (tertiary/aromatic N) is 2. The van der Waals surface area contributed by atoms with E-state index in [1.807, 2.05) is 39.0 Å². The number of hydrogen-bond acceptors (Lipinski definition) is 4. The number of nitriles is 1. The lowest BCUT2D eigenvalue weighted by molar-refractivity contribution is 0.889. The van der Waals surface area contributed by atoms with Gasteiger partial charge in [-0.25, -0.2) is 4.98 Å². The summed E-state index contributed by atoms with van der Waals surface area (Å²) >= 11 is 1.70. The summed E-state index contributed by atoms with van der Waals surface area (Å²) in [5.41, 5.74) is 3.73. The van der Waals surface area contributed by atoms with Gasteiger partial charge in [0.2, 0.25) is 0 Å². The number of thiazole rings is 1. The lowest BCUT2D eigenvalue weighted by Gasteiger charge is -2.15. The second-order valence-electron chi connectivity index (χ2n) is 4.71. The molecule has 3 nitrogen and oxygen atoms in total. The largest absolute Gasteiger partial charge is 0.377 e. The lowest BCUT2D eigenvalue weighted by Crippen LogP contribution is -2.07. The molecular weight excluding hydrogens is 254 g/mol. The van der Waals surface area contributed by atoms with Crippen LogP contribution in [0, 0.1) is 32.1 Å². The van der Waals surface area contributed by atoms with Crippen molar-refractivity contribution in [3.8, 4) is 6.07 Å². The van der Waals surface area contributed by atoms with Gasteiger partial charge in [0.05, 0.1) is 28.0 Å². The monoisotopic (exact) mass is 271 g/mol. The van der Waals surface area contributed by atoms with E-state index in [1.165, 1.54) is 4.88 Å². The molecule has 1 heterocycles. The Morgan fingerprint density at radius 1 is 1.32 bits per heavy atom. The minimum absolute atomic E-state index is 0.154. The molecule has 1 aromatic heterocycles. The van der Waals surface area contributed by atoms with Crippen molar-refractivity contribution >= 4 is 17.0 Å². The van der Waals surface area contributed by atoms with E-state index in [2.05, 4.69) is 23.3 Å². The van der Waals surface area contributed by atoms with Crippen molar-refractivity contribution in [2.75, 3.05) is 5.32 Å². The third-order valence-corrected chi connectivity index (χ3v) is 4.26. The number of rotatable bonds is 3. The Labute approximate surface area is 117 Å². The van der Waals surface area contributed by atoms with Crippen LogP contribution in [-0.2, 0) is 0 Å². The molecule has 2 aromatic rings. The van der Waals surface area contributed by atoms with Crippen LogP contribution in [-0.4, -0.2) is 4.98 Å². The Kier molecular flexibility index (Phi) is 3.87. The van der Waals surface area contributed by atoms with Crippen LogP contribution in [0.2, 0.25) is 0 Å². The van der Waals surface area contributed by atoms with E-state index in [4.69, 9.17) is 0 Å². The second kappa shape index (κ2) is 5.41. The molecule has 1 N–H and O–H groups in total. The normalized spacial score (nSPS) is 11.9. The zero-order chi connectivity index (χ0) is 14.0. The van der Waals surface area contributed by atoms with Crippen LogP contribution in [0.3, 0.4) is 0 Å². The summed E-state index contributed by atoms with van der Waals surface area (Å²) < 4.78 is 0. The maximum absolute atomic E-state index is 9.19. The SMILES string of the molecule is Cc1ccc(NC(C)c2sc(C)nc2C)c(C#N)c1. The number of hydrogen-bond donors (Lipinski definition) is 1. The highest BCUT2D eigenvalue weighted by atomic mass is 32.1. The molecule has 0 bridgehead atoms.